The number of nitrogens with zero attached hydrogens (tertiary/aromatic N) is 1. The molecule has 0 aliphatic carbocycles. The van der Waals surface area contributed by atoms with Gasteiger partial charge in [-0.05, 0) is 6.42 Å². The SMILES string of the molecule is [2H]C1=NC=CC2(COc3c2ccc2cocc32)C1. The Kier molecular flexibility index (Phi) is 1.43. The highest BCUT2D eigenvalue weighted by atomic mass is 16.5. The lowest BCUT2D eigenvalue weighted by atomic mass is 9.78. The number of ether oxygens (including phenoxy) is 1. The van der Waals surface area contributed by atoms with Gasteiger partial charge >= 0.3 is 0 Å². The van der Waals surface area contributed by atoms with Crippen molar-refractivity contribution in [1.82, 2.24) is 0 Å². The minimum Gasteiger partial charge on any atom is -0.491 e. The fourth-order valence-electron chi connectivity index (χ4n) is 2.60. The average Bonchev–Trinajstić information content (AvgIpc) is 2.94. The molecular formula is C14H11NO2. The van der Waals surface area contributed by atoms with Gasteiger partial charge in [-0.15, -0.1) is 0 Å². The Morgan fingerprint density at radius 3 is 3.29 bits per heavy atom. The predicted octanol–water partition coefficient (Wildman–Crippen LogP) is 3.05. The smallest absolute Gasteiger partial charge is 0.134 e. The summed E-state index contributed by atoms with van der Waals surface area (Å²) < 4.78 is 18.9. The van der Waals surface area contributed by atoms with Gasteiger partial charge in [0, 0.05) is 23.3 Å². The number of hydrogen-bond acceptors (Lipinski definition) is 3. The number of hydrogen-bond donors (Lipinski definition) is 0. The van der Waals surface area contributed by atoms with Crippen molar-refractivity contribution in [2.75, 3.05) is 6.61 Å². The van der Waals surface area contributed by atoms with E-state index in [4.69, 9.17) is 10.5 Å². The molecule has 0 amide bonds. The zero-order chi connectivity index (χ0) is 12.2. The van der Waals surface area contributed by atoms with Crippen LogP contribution in [0.4, 0.5) is 0 Å². The number of furan rings is 1. The third kappa shape index (κ3) is 1.08. The van der Waals surface area contributed by atoms with E-state index < -0.39 is 0 Å². The molecule has 0 N–H and O–H groups in total. The van der Waals surface area contributed by atoms with Crippen LogP contribution in [-0.4, -0.2) is 12.8 Å². The molecule has 2 aliphatic rings. The molecule has 17 heavy (non-hydrogen) atoms. The maximum atomic E-state index is 7.76. The molecular weight excluding hydrogens is 214 g/mol. The molecule has 4 rings (SSSR count). The Hall–Kier alpha value is -2.03. The highest BCUT2D eigenvalue weighted by Gasteiger charge is 2.39. The molecule has 0 saturated carbocycles. The second kappa shape index (κ2) is 3.00. The first-order valence-electron chi connectivity index (χ1n) is 6.12. The van der Waals surface area contributed by atoms with Crippen molar-refractivity contribution in [2.24, 2.45) is 4.99 Å². The Morgan fingerprint density at radius 2 is 2.35 bits per heavy atom. The lowest BCUT2D eigenvalue weighted by molar-refractivity contribution is 0.302. The second-order valence-corrected chi connectivity index (χ2v) is 4.54. The Balaban J connectivity index is 1.95. The minimum absolute atomic E-state index is 0.223. The molecule has 0 bridgehead atoms. The van der Waals surface area contributed by atoms with Gasteiger partial charge in [-0.25, -0.2) is 0 Å². The Morgan fingerprint density at radius 1 is 1.35 bits per heavy atom. The molecule has 0 saturated heterocycles. The highest BCUT2D eigenvalue weighted by Crippen LogP contribution is 2.46. The highest BCUT2D eigenvalue weighted by molar-refractivity contribution is 5.90. The minimum atomic E-state index is -0.223. The van der Waals surface area contributed by atoms with Crippen LogP contribution in [0.5, 0.6) is 5.75 Å². The first-order valence-corrected chi connectivity index (χ1v) is 5.62. The van der Waals surface area contributed by atoms with Crippen molar-refractivity contribution in [3.8, 4) is 5.75 Å². The predicted molar refractivity (Wildman–Crippen MR) is 65.6 cm³/mol. The molecule has 3 heteroatoms. The van der Waals surface area contributed by atoms with Crippen LogP contribution in [0.1, 0.15) is 13.4 Å². The van der Waals surface area contributed by atoms with Gasteiger partial charge < -0.3 is 9.15 Å². The topological polar surface area (TPSA) is 34.7 Å². The average molecular weight is 226 g/mol. The summed E-state index contributed by atoms with van der Waals surface area (Å²) in [6, 6.07) is 4.11. The van der Waals surface area contributed by atoms with Crippen molar-refractivity contribution in [1.29, 1.82) is 0 Å². The first-order chi connectivity index (χ1) is 8.78. The molecule has 3 nitrogen and oxygen atoms in total. The van der Waals surface area contributed by atoms with Gasteiger partial charge in [0.05, 0.1) is 18.4 Å². The summed E-state index contributed by atoms with van der Waals surface area (Å²) in [5.41, 5.74) is 0.909. The lowest BCUT2D eigenvalue weighted by Crippen LogP contribution is -2.27. The van der Waals surface area contributed by atoms with Crippen LogP contribution in [0.25, 0.3) is 10.8 Å². The zero-order valence-corrected chi connectivity index (χ0v) is 9.14. The first kappa shape index (κ1) is 8.12. The number of benzene rings is 1. The van der Waals surface area contributed by atoms with Crippen molar-refractivity contribution in [3.05, 3.63) is 42.5 Å². The molecule has 2 aromatic rings. The van der Waals surface area contributed by atoms with Gasteiger partial charge in [-0.2, -0.15) is 0 Å². The number of aliphatic imine (C=N–C) groups is 1. The third-order valence-corrected chi connectivity index (χ3v) is 3.58. The van der Waals surface area contributed by atoms with Crippen molar-refractivity contribution >= 4 is 17.0 Å². The van der Waals surface area contributed by atoms with Crippen molar-refractivity contribution in [2.45, 2.75) is 11.8 Å². The quantitative estimate of drug-likeness (QED) is 0.692. The molecule has 1 aromatic carbocycles. The molecule has 0 radical (unpaired) electrons. The monoisotopic (exact) mass is 226 g/mol. The summed E-state index contributed by atoms with van der Waals surface area (Å²) >= 11 is 0. The van der Waals surface area contributed by atoms with Gasteiger partial charge in [-0.1, -0.05) is 18.2 Å². The van der Waals surface area contributed by atoms with Gasteiger partial charge in [0.25, 0.3) is 0 Å². The normalized spacial score (nSPS) is 26.8. The molecule has 1 spiro atoms. The molecule has 1 aromatic heterocycles. The zero-order valence-electron chi connectivity index (χ0n) is 10.1. The summed E-state index contributed by atoms with van der Waals surface area (Å²) in [6.07, 6.45) is 8.20. The van der Waals surface area contributed by atoms with E-state index in [1.54, 1.807) is 18.7 Å². The fraction of sp³-hybridized carbons (Fsp3) is 0.214. The van der Waals surface area contributed by atoms with E-state index >= 15 is 0 Å². The van der Waals surface area contributed by atoms with Crippen LogP contribution in [0.15, 0.2) is 46.3 Å². The molecule has 3 heterocycles. The molecule has 1 atom stereocenters. The summed E-state index contributed by atoms with van der Waals surface area (Å²) in [7, 11) is 0. The summed E-state index contributed by atoms with van der Waals surface area (Å²) in [4.78, 5) is 4.00. The molecule has 84 valence electrons. The summed E-state index contributed by atoms with van der Waals surface area (Å²) in [5.74, 6) is 0.889. The third-order valence-electron chi connectivity index (χ3n) is 3.58. The molecule has 1 unspecified atom stereocenters. The van der Waals surface area contributed by atoms with Crippen LogP contribution in [0.3, 0.4) is 0 Å². The van der Waals surface area contributed by atoms with Crippen molar-refractivity contribution < 1.29 is 10.5 Å². The van der Waals surface area contributed by atoms with Crippen LogP contribution in [0.2, 0.25) is 0 Å². The van der Waals surface area contributed by atoms with Crippen LogP contribution in [-0.2, 0) is 5.41 Å². The van der Waals surface area contributed by atoms with Crippen molar-refractivity contribution in [3.63, 3.8) is 0 Å². The Labute approximate surface area is 99.8 Å². The second-order valence-electron chi connectivity index (χ2n) is 4.54. The van der Waals surface area contributed by atoms with Gasteiger partial charge in [-0.3, -0.25) is 4.99 Å². The largest absolute Gasteiger partial charge is 0.491 e. The van der Waals surface area contributed by atoms with E-state index in [9.17, 15) is 0 Å². The Bertz CT molecular complexity index is 701. The van der Waals surface area contributed by atoms with E-state index in [1.807, 2.05) is 12.1 Å². The fourth-order valence-corrected chi connectivity index (χ4v) is 2.60. The molecule has 2 aliphatic heterocycles. The maximum Gasteiger partial charge on any atom is 0.134 e. The van der Waals surface area contributed by atoms with Crippen LogP contribution in [0, 0.1) is 0 Å². The maximum absolute atomic E-state index is 7.76. The van der Waals surface area contributed by atoms with E-state index in [0.29, 0.717) is 19.2 Å². The van der Waals surface area contributed by atoms with E-state index in [1.165, 1.54) is 0 Å². The van der Waals surface area contributed by atoms with Crippen LogP contribution >= 0.6 is 0 Å². The lowest BCUT2D eigenvalue weighted by Gasteiger charge is -2.23. The number of fused-ring (bicyclic) bond motifs is 4. The summed E-state index contributed by atoms with van der Waals surface area (Å²) in [6.45, 7) is 0.570. The van der Waals surface area contributed by atoms with Gasteiger partial charge in [0.15, 0.2) is 0 Å². The van der Waals surface area contributed by atoms with Crippen LogP contribution < -0.4 is 4.74 Å². The van der Waals surface area contributed by atoms with Gasteiger partial charge in [0.1, 0.15) is 18.6 Å². The molecule has 0 fully saturated rings. The van der Waals surface area contributed by atoms with E-state index in [-0.39, 0.29) is 5.41 Å². The van der Waals surface area contributed by atoms with E-state index in [2.05, 4.69) is 11.1 Å². The van der Waals surface area contributed by atoms with E-state index in [0.717, 1.165) is 22.1 Å². The van der Waals surface area contributed by atoms with Gasteiger partial charge in [0.2, 0.25) is 0 Å². The summed E-state index contributed by atoms with van der Waals surface area (Å²) in [5, 5.41) is 2.05. The standard InChI is InChI=1S/C14H11NO2/c1-2-12-13(11-8-16-7-10(1)11)17-9-14(12)3-5-15-6-4-14/h1-3,5-8H,4,9H2/i6D. The number of rotatable bonds is 0.